The number of non-ortho nitro benzene ring substituents is 1. The van der Waals surface area contributed by atoms with E-state index in [9.17, 15) is 19.7 Å². The summed E-state index contributed by atoms with van der Waals surface area (Å²) >= 11 is 1.57. The van der Waals surface area contributed by atoms with Crippen LogP contribution in [-0.2, 0) is 11.3 Å². The van der Waals surface area contributed by atoms with Crippen molar-refractivity contribution in [2.75, 3.05) is 12.0 Å². The van der Waals surface area contributed by atoms with Crippen LogP contribution in [0.2, 0.25) is 0 Å². The van der Waals surface area contributed by atoms with E-state index in [0.717, 1.165) is 11.1 Å². The summed E-state index contributed by atoms with van der Waals surface area (Å²) in [6, 6.07) is 12.5. The summed E-state index contributed by atoms with van der Waals surface area (Å²) in [5.41, 5.74) is 2.06. The number of aryl methyl sites for hydroxylation is 1. The molecule has 2 amide bonds. The number of benzene rings is 2. The van der Waals surface area contributed by atoms with Crippen molar-refractivity contribution in [3.63, 3.8) is 0 Å². The predicted octanol–water partition coefficient (Wildman–Crippen LogP) is 3.07. The third-order valence-corrected chi connectivity index (χ3v) is 4.91. The Morgan fingerprint density at radius 2 is 1.93 bits per heavy atom. The molecule has 2 rings (SSSR count). The van der Waals surface area contributed by atoms with Gasteiger partial charge >= 0.3 is 0 Å². The minimum absolute atomic E-state index is 0.148. The molecule has 0 aliphatic heterocycles. The molecule has 0 aliphatic rings. The normalized spacial score (nSPS) is 11.5. The van der Waals surface area contributed by atoms with Crippen LogP contribution in [-0.4, -0.2) is 34.8 Å². The molecule has 0 unspecified atom stereocenters. The second kappa shape index (κ2) is 10.5. The summed E-state index contributed by atoms with van der Waals surface area (Å²) in [5, 5.41) is 16.5. The number of hydrogen-bond acceptors (Lipinski definition) is 5. The Balaban J connectivity index is 2.06. The highest BCUT2D eigenvalue weighted by Gasteiger charge is 2.22. The quantitative estimate of drug-likeness (QED) is 0.497. The molecule has 0 saturated heterocycles. The van der Waals surface area contributed by atoms with Gasteiger partial charge in [-0.05, 0) is 42.5 Å². The molecule has 0 radical (unpaired) electrons. The van der Waals surface area contributed by atoms with Crippen LogP contribution in [0.4, 0.5) is 5.69 Å². The van der Waals surface area contributed by atoms with Crippen LogP contribution in [0.3, 0.4) is 0 Å². The fraction of sp³-hybridized carbons (Fsp3) is 0.300. The summed E-state index contributed by atoms with van der Waals surface area (Å²) < 4.78 is 0. The molecule has 2 aromatic rings. The van der Waals surface area contributed by atoms with E-state index < -0.39 is 16.9 Å². The van der Waals surface area contributed by atoms with E-state index in [1.807, 2.05) is 37.4 Å². The highest BCUT2D eigenvalue weighted by Crippen LogP contribution is 2.14. The van der Waals surface area contributed by atoms with E-state index >= 15 is 0 Å². The van der Waals surface area contributed by atoms with Gasteiger partial charge in [0.25, 0.3) is 11.6 Å². The van der Waals surface area contributed by atoms with Gasteiger partial charge in [-0.3, -0.25) is 19.7 Å². The summed E-state index contributed by atoms with van der Waals surface area (Å²) in [4.78, 5) is 35.5. The molecule has 148 valence electrons. The lowest BCUT2D eigenvalue weighted by atomic mass is 10.1. The molecule has 0 aromatic heterocycles. The predicted molar refractivity (Wildman–Crippen MR) is 110 cm³/mol. The first-order chi connectivity index (χ1) is 13.4. The van der Waals surface area contributed by atoms with E-state index in [2.05, 4.69) is 10.6 Å². The molecule has 0 saturated carbocycles. The lowest BCUT2D eigenvalue weighted by Gasteiger charge is -2.18. The smallest absolute Gasteiger partial charge is 0.270 e. The van der Waals surface area contributed by atoms with Crippen LogP contribution >= 0.6 is 11.8 Å². The molecular formula is C20H23N3O4S. The van der Waals surface area contributed by atoms with Crippen molar-refractivity contribution in [3.05, 3.63) is 75.3 Å². The molecule has 0 aliphatic carbocycles. The minimum Gasteiger partial charge on any atom is -0.350 e. The van der Waals surface area contributed by atoms with Crippen LogP contribution in [0.15, 0.2) is 48.5 Å². The van der Waals surface area contributed by atoms with Crippen molar-refractivity contribution in [1.29, 1.82) is 0 Å². The summed E-state index contributed by atoms with van der Waals surface area (Å²) in [7, 11) is 0. The van der Waals surface area contributed by atoms with Crippen molar-refractivity contribution >= 4 is 29.3 Å². The topological polar surface area (TPSA) is 101 Å². The van der Waals surface area contributed by atoms with E-state index in [1.54, 1.807) is 11.8 Å². The van der Waals surface area contributed by atoms with Gasteiger partial charge in [0.1, 0.15) is 6.04 Å². The molecule has 0 spiro atoms. The first-order valence-electron chi connectivity index (χ1n) is 8.79. The minimum atomic E-state index is -0.719. The van der Waals surface area contributed by atoms with Crippen molar-refractivity contribution in [2.45, 2.75) is 25.9 Å². The fourth-order valence-electron chi connectivity index (χ4n) is 2.62. The number of nitrogens with zero attached hydrogens (tertiary/aromatic N) is 1. The average molecular weight is 401 g/mol. The second-order valence-corrected chi connectivity index (χ2v) is 7.24. The monoisotopic (exact) mass is 401 g/mol. The SMILES string of the molecule is CSCC[C@@H](NC(=O)c1cccc([N+](=O)[O-])c1)C(=O)NCc1ccccc1C. The number of nitro benzene ring substituents is 1. The van der Waals surface area contributed by atoms with Gasteiger partial charge in [0, 0.05) is 24.2 Å². The molecule has 0 fully saturated rings. The zero-order chi connectivity index (χ0) is 20.5. The number of amides is 2. The standard InChI is InChI=1S/C20H23N3O4S/c1-14-6-3-4-7-16(14)13-21-20(25)18(10-11-28-2)22-19(24)15-8-5-9-17(12-15)23(26)27/h3-9,12,18H,10-11,13H2,1-2H3,(H,21,25)(H,22,24)/t18-/m1/s1. The number of rotatable bonds is 9. The Morgan fingerprint density at radius 3 is 2.61 bits per heavy atom. The van der Waals surface area contributed by atoms with Crippen molar-refractivity contribution in [2.24, 2.45) is 0 Å². The molecular weight excluding hydrogens is 378 g/mol. The number of carbonyl (C=O) groups excluding carboxylic acids is 2. The van der Waals surface area contributed by atoms with E-state index in [-0.39, 0.29) is 17.2 Å². The van der Waals surface area contributed by atoms with Crippen LogP contribution in [0.25, 0.3) is 0 Å². The van der Waals surface area contributed by atoms with E-state index in [1.165, 1.54) is 24.3 Å². The molecule has 2 aromatic carbocycles. The van der Waals surface area contributed by atoms with Crippen LogP contribution in [0.5, 0.6) is 0 Å². The maximum absolute atomic E-state index is 12.6. The first-order valence-corrected chi connectivity index (χ1v) is 10.2. The van der Waals surface area contributed by atoms with Gasteiger partial charge in [0.05, 0.1) is 4.92 Å². The zero-order valence-electron chi connectivity index (χ0n) is 15.8. The number of carbonyl (C=O) groups is 2. The van der Waals surface area contributed by atoms with Gasteiger partial charge < -0.3 is 10.6 Å². The van der Waals surface area contributed by atoms with Crippen molar-refractivity contribution in [1.82, 2.24) is 10.6 Å². The van der Waals surface area contributed by atoms with Crippen molar-refractivity contribution in [3.8, 4) is 0 Å². The average Bonchev–Trinajstić information content (AvgIpc) is 2.70. The largest absolute Gasteiger partial charge is 0.350 e. The van der Waals surface area contributed by atoms with Gasteiger partial charge in [0.2, 0.25) is 5.91 Å². The molecule has 0 bridgehead atoms. The van der Waals surface area contributed by atoms with E-state index in [4.69, 9.17) is 0 Å². The highest BCUT2D eigenvalue weighted by atomic mass is 32.2. The maximum atomic E-state index is 12.6. The number of thioether (sulfide) groups is 1. The Morgan fingerprint density at radius 1 is 1.18 bits per heavy atom. The number of hydrogen-bond donors (Lipinski definition) is 2. The number of nitro groups is 1. The van der Waals surface area contributed by atoms with Crippen LogP contribution in [0, 0.1) is 17.0 Å². The Hall–Kier alpha value is -2.87. The van der Waals surface area contributed by atoms with Crippen LogP contribution in [0.1, 0.15) is 27.9 Å². The lowest BCUT2D eigenvalue weighted by molar-refractivity contribution is -0.384. The summed E-state index contributed by atoms with van der Waals surface area (Å²) in [6.07, 6.45) is 2.38. The molecule has 1 atom stereocenters. The Labute approximate surface area is 168 Å². The summed E-state index contributed by atoms with van der Waals surface area (Å²) in [6.45, 7) is 2.34. The van der Waals surface area contributed by atoms with Crippen molar-refractivity contribution < 1.29 is 14.5 Å². The third kappa shape index (κ3) is 6.09. The van der Waals surface area contributed by atoms with Gasteiger partial charge in [0.15, 0.2) is 0 Å². The zero-order valence-corrected chi connectivity index (χ0v) is 16.6. The molecule has 7 nitrogen and oxygen atoms in total. The molecule has 8 heteroatoms. The molecule has 28 heavy (non-hydrogen) atoms. The Bertz CT molecular complexity index is 857. The first kappa shape index (κ1) is 21.4. The van der Waals surface area contributed by atoms with E-state index in [0.29, 0.717) is 18.7 Å². The van der Waals surface area contributed by atoms with Gasteiger partial charge in [-0.2, -0.15) is 11.8 Å². The molecule has 0 heterocycles. The second-order valence-electron chi connectivity index (χ2n) is 6.26. The van der Waals surface area contributed by atoms with Crippen LogP contribution < -0.4 is 10.6 Å². The maximum Gasteiger partial charge on any atom is 0.270 e. The van der Waals surface area contributed by atoms with Gasteiger partial charge in [-0.1, -0.05) is 30.3 Å². The fourth-order valence-corrected chi connectivity index (χ4v) is 3.09. The Kier molecular flexibility index (Phi) is 8.01. The van der Waals surface area contributed by atoms with Gasteiger partial charge in [-0.25, -0.2) is 0 Å². The summed E-state index contributed by atoms with van der Waals surface area (Å²) in [5.74, 6) is -0.102. The third-order valence-electron chi connectivity index (χ3n) is 4.27. The number of nitrogens with one attached hydrogen (secondary N) is 2. The molecule has 2 N–H and O–H groups in total. The van der Waals surface area contributed by atoms with Gasteiger partial charge in [-0.15, -0.1) is 0 Å². The lowest BCUT2D eigenvalue weighted by Crippen LogP contribution is -2.46. The highest BCUT2D eigenvalue weighted by molar-refractivity contribution is 7.98.